The van der Waals surface area contributed by atoms with E-state index in [-0.39, 0.29) is 22.1 Å². The van der Waals surface area contributed by atoms with Gasteiger partial charge in [-0.15, -0.1) is 0 Å². The maximum Gasteiger partial charge on any atom is 0.259 e. The highest BCUT2D eigenvalue weighted by Gasteiger charge is 2.12. The molecule has 0 amide bonds. The Labute approximate surface area is 171 Å². The monoisotopic (exact) mass is 402 g/mol. The summed E-state index contributed by atoms with van der Waals surface area (Å²) in [5.41, 5.74) is 2.51. The van der Waals surface area contributed by atoms with Crippen LogP contribution in [0.2, 0.25) is 5.15 Å². The van der Waals surface area contributed by atoms with Crippen LogP contribution in [-0.4, -0.2) is 22.1 Å². The number of aryl methyl sites for hydroxylation is 1. The summed E-state index contributed by atoms with van der Waals surface area (Å²) in [5.74, 6) is 0.784. The van der Waals surface area contributed by atoms with Crippen molar-refractivity contribution in [2.24, 2.45) is 0 Å². The number of nitrogens with zero attached hydrogens (tertiary/aromatic N) is 3. The van der Waals surface area contributed by atoms with E-state index in [0.29, 0.717) is 27.7 Å². The van der Waals surface area contributed by atoms with Gasteiger partial charge in [-0.05, 0) is 37.3 Å². The molecule has 2 aromatic carbocycles. The molecule has 0 atom stereocenters. The Hall–Kier alpha value is -3.69. The molecule has 4 aromatic rings. The Bertz CT molecular complexity index is 1400. The quantitative estimate of drug-likeness (QED) is 0.402. The Morgan fingerprint density at radius 3 is 2.83 bits per heavy atom. The summed E-state index contributed by atoms with van der Waals surface area (Å²) in [6.45, 7) is 1.90. The van der Waals surface area contributed by atoms with E-state index < -0.39 is 0 Å². The molecule has 7 heteroatoms. The summed E-state index contributed by atoms with van der Waals surface area (Å²) < 4.78 is 5.32. The first-order chi connectivity index (χ1) is 14.0. The number of para-hydroxylation sites is 1. The average molecular weight is 403 g/mol. The lowest BCUT2D eigenvalue weighted by Gasteiger charge is -2.07. The number of halogens is 1. The molecule has 0 unspecified atom stereocenters. The number of aromatic nitrogens is 3. The highest BCUT2D eigenvalue weighted by atomic mass is 35.5. The minimum atomic E-state index is -0.303. The summed E-state index contributed by atoms with van der Waals surface area (Å²) in [5, 5.41) is 11.2. The normalized spacial score (nSPS) is 11.6. The van der Waals surface area contributed by atoms with Crippen LogP contribution in [0.4, 0.5) is 0 Å². The van der Waals surface area contributed by atoms with Crippen molar-refractivity contribution in [1.29, 1.82) is 5.26 Å². The second kappa shape index (κ2) is 7.38. The lowest BCUT2D eigenvalue weighted by Crippen LogP contribution is -2.11. The van der Waals surface area contributed by atoms with E-state index in [1.807, 2.05) is 31.2 Å². The van der Waals surface area contributed by atoms with Gasteiger partial charge in [0, 0.05) is 10.9 Å². The SMILES string of the molecule is COc1cccc2cc(C=C(C#N)c3nc4ccc(C)cc4c(=O)[nH]3)c(Cl)nc12. The minimum absolute atomic E-state index is 0.176. The number of hydrogen-bond donors (Lipinski definition) is 1. The molecule has 0 aliphatic carbocycles. The maximum atomic E-state index is 12.5. The minimum Gasteiger partial charge on any atom is -0.494 e. The molecule has 0 spiro atoms. The summed E-state index contributed by atoms with van der Waals surface area (Å²) >= 11 is 6.35. The number of nitrogens with one attached hydrogen (secondary N) is 1. The molecular formula is C22H15ClN4O2. The van der Waals surface area contributed by atoms with Gasteiger partial charge in [-0.3, -0.25) is 4.79 Å². The maximum absolute atomic E-state index is 12.5. The largest absolute Gasteiger partial charge is 0.494 e. The Kier molecular flexibility index (Phi) is 4.75. The first kappa shape index (κ1) is 18.7. The van der Waals surface area contributed by atoms with E-state index >= 15 is 0 Å². The zero-order valence-corrected chi connectivity index (χ0v) is 16.4. The molecule has 142 valence electrons. The third-order valence-electron chi connectivity index (χ3n) is 4.55. The number of hydrogen-bond acceptors (Lipinski definition) is 5. The number of H-pyrrole nitrogens is 1. The summed E-state index contributed by atoms with van der Waals surface area (Å²) in [6.07, 6.45) is 1.56. The van der Waals surface area contributed by atoms with Crippen molar-refractivity contribution in [2.45, 2.75) is 6.92 Å². The molecule has 2 heterocycles. The number of methoxy groups -OCH3 is 1. The van der Waals surface area contributed by atoms with Crippen molar-refractivity contribution in [3.8, 4) is 11.8 Å². The third kappa shape index (κ3) is 3.44. The van der Waals surface area contributed by atoms with Gasteiger partial charge in [-0.1, -0.05) is 35.4 Å². The fraction of sp³-hybridized carbons (Fsp3) is 0.0909. The van der Waals surface area contributed by atoms with Crippen LogP contribution in [0.1, 0.15) is 17.0 Å². The van der Waals surface area contributed by atoms with E-state index in [4.69, 9.17) is 16.3 Å². The van der Waals surface area contributed by atoms with Crippen molar-refractivity contribution in [2.75, 3.05) is 7.11 Å². The van der Waals surface area contributed by atoms with Gasteiger partial charge in [0.05, 0.1) is 23.6 Å². The first-order valence-electron chi connectivity index (χ1n) is 8.76. The van der Waals surface area contributed by atoms with Gasteiger partial charge >= 0.3 is 0 Å². The van der Waals surface area contributed by atoms with E-state index in [2.05, 4.69) is 21.0 Å². The fourth-order valence-corrected chi connectivity index (χ4v) is 3.31. The lowest BCUT2D eigenvalue weighted by molar-refractivity contribution is 0.419. The van der Waals surface area contributed by atoms with Crippen LogP contribution in [-0.2, 0) is 0 Å². The van der Waals surface area contributed by atoms with Gasteiger partial charge in [-0.2, -0.15) is 5.26 Å². The highest BCUT2D eigenvalue weighted by molar-refractivity contribution is 6.31. The number of fused-ring (bicyclic) bond motifs is 2. The smallest absolute Gasteiger partial charge is 0.259 e. The van der Waals surface area contributed by atoms with Gasteiger partial charge in [0.1, 0.15) is 22.5 Å². The second-order valence-corrected chi connectivity index (χ2v) is 6.86. The van der Waals surface area contributed by atoms with Gasteiger partial charge in [0.25, 0.3) is 5.56 Å². The highest BCUT2D eigenvalue weighted by Crippen LogP contribution is 2.29. The van der Waals surface area contributed by atoms with E-state index in [9.17, 15) is 10.1 Å². The fourth-order valence-electron chi connectivity index (χ4n) is 3.12. The molecule has 4 rings (SSSR count). The Morgan fingerprint density at radius 1 is 1.24 bits per heavy atom. The zero-order valence-electron chi connectivity index (χ0n) is 15.7. The van der Waals surface area contributed by atoms with Crippen LogP contribution in [0.25, 0.3) is 33.5 Å². The van der Waals surface area contributed by atoms with E-state index in [0.717, 1.165) is 10.9 Å². The molecule has 0 bridgehead atoms. The second-order valence-electron chi connectivity index (χ2n) is 6.51. The summed E-state index contributed by atoms with van der Waals surface area (Å²) in [7, 11) is 1.56. The zero-order chi connectivity index (χ0) is 20.5. The molecule has 0 saturated carbocycles. The average Bonchev–Trinajstić information content (AvgIpc) is 2.72. The lowest BCUT2D eigenvalue weighted by atomic mass is 10.1. The van der Waals surface area contributed by atoms with E-state index in [1.165, 1.54) is 0 Å². The molecule has 6 nitrogen and oxygen atoms in total. The van der Waals surface area contributed by atoms with Crippen LogP contribution in [0.3, 0.4) is 0 Å². The van der Waals surface area contributed by atoms with Crippen molar-refractivity contribution < 1.29 is 4.74 Å². The van der Waals surface area contributed by atoms with Gasteiger partial charge in [0.2, 0.25) is 0 Å². The van der Waals surface area contributed by atoms with Crippen molar-refractivity contribution in [3.63, 3.8) is 0 Å². The predicted octanol–water partition coefficient (Wildman–Crippen LogP) is 4.51. The van der Waals surface area contributed by atoms with Crippen LogP contribution < -0.4 is 10.3 Å². The molecule has 0 aliphatic heterocycles. The molecule has 0 fully saturated rings. The molecule has 0 aliphatic rings. The van der Waals surface area contributed by atoms with Crippen LogP contribution in [0.15, 0.2) is 47.3 Å². The first-order valence-corrected chi connectivity index (χ1v) is 9.14. The van der Waals surface area contributed by atoms with Crippen LogP contribution >= 0.6 is 11.6 Å². The number of aromatic amines is 1. The van der Waals surface area contributed by atoms with Gasteiger partial charge in [0.15, 0.2) is 5.82 Å². The molecule has 0 saturated heterocycles. The standard InChI is InChI=1S/C22H15ClN4O2/c1-12-6-7-17-16(8-12)22(28)27-21(25-17)15(11-24)10-14-9-13-4-3-5-18(29-2)19(13)26-20(14)23/h3-10H,1-2H3,(H,25,27,28). The number of allylic oxidation sites excluding steroid dienone is 1. The van der Waals surface area contributed by atoms with Crippen LogP contribution in [0.5, 0.6) is 5.75 Å². The van der Waals surface area contributed by atoms with Crippen molar-refractivity contribution in [1.82, 2.24) is 15.0 Å². The Morgan fingerprint density at radius 2 is 2.07 bits per heavy atom. The van der Waals surface area contributed by atoms with Crippen LogP contribution in [0, 0.1) is 18.3 Å². The number of ether oxygens (including phenoxy) is 1. The number of nitriles is 1. The van der Waals surface area contributed by atoms with Gasteiger partial charge in [-0.25, -0.2) is 9.97 Å². The van der Waals surface area contributed by atoms with E-state index in [1.54, 1.807) is 31.4 Å². The molecule has 29 heavy (non-hydrogen) atoms. The number of pyridine rings is 1. The number of benzene rings is 2. The molecule has 2 aromatic heterocycles. The topological polar surface area (TPSA) is 91.7 Å². The molecular weight excluding hydrogens is 388 g/mol. The number of rotatable bonds is 3. The third-order valence-corrected chi connectivity index (χ3v) is 4.85. The molecule has 1 N–H and O–H groups in total. The predicted molar refractivity (Wildman–Crippen MR) is 114 cm³/mol. The van der Waals surface area contributed by atoms with Gasteiger partial charge < -0.3 is 9.72 Å². The summed E-state index contributed by atoms with van der Waals surface area (Å²) in [4.78, 5) is 24.0. The summed E-state index contributed by atoms with van der Waals surface area (Å²) in [6, 6.07) is 14.8. The molecule has 0 radical (unpaired) electrons. The Balaban J connectivity index is 1.88. The van der Waals surface area contributed by atoms with Crippen molar-refractivity contribution in [3.05, 3.63) is 74.9 Å². The van der Waals surface area contributed by atoms with Crippen molar-refractivity contribution >= 4 is 45.1 Å².